The van der Waals surface area contributed by atoms with E-state index in [9.17, 15) is 10.1 Å². The maximum Gasteiger partial charge on any atom is 0.353 e. The van der Waals surface area contributed by atoms with E-state index in [2.05, 4.69) is 26.7 Å². The molecule has 138 valence electrons. The molecule has 3 rings (SSSR count). The number of nitro groups is 1. The molecule has 8 heteroatoms. The van der Waals surface area contributed by atoms with Crippen LogP contribution in [-0.2, 0) is 6.42 Å². The Morgan fingerprint density at radius 3 is 2.54 bits per heavy atom. The molecule has 0 atom stereocenters. The number of aromatic nitrogens is 2. The van der Waals surface area contributed by atoms with E-state index in [0.29, 0.717) is 13.1 Å². The SMILES string of the molecule is O=[N+]([O-])c1c(NCCC2=CCCCC2)ncnc1NCCc1cccs1. The second kappa shape index (κ2) is 9.28. The van der Waals surface area contributed by atoms with Crippen LogP contribution in [0, 0.1) is 10.1 Å². The molecule has 0 aromatic carbocycles. The minimum Gasteiger partial charge on any atom is -0.364 e. The number of anilines is 2. The fourth-order valence-corrected chi connectivity index (χ4v) is 3.75. The number of thiophene rings is 1. The zero-order valence-corrected chi connectivity index (χ0v) is 15.4. The van der Waals surface area contributed by atoms with Crippen LogP contribution in [0.15, 0.2) is 35.5 Å². The quantitative estimate of drug-likeness (QED) is 0.384. The number of hydrogen-bond acceptors (Lipinski definition) is 7. The predicted octanol–water partition coefficient (Wildman–Crippen LogP) is 4.40. The normalized spacial score (nSPS) is 13.9. The maximum absolute atomic E-state index is 11.5. The molecule has 0 amide bonds. The van der Waals surface area contributed by atoms with Crippen LogP contribution < -0.4 is 10.6 Å². The Morgan fingerprint density at radius 1 is 1.15 bits per heavy atom. The molecule has 0 saturated heterocycles. The number of nitrogens with one attached hydrogen (secondary N) is 2. The maximum atomic E-state index is 11.5. The van der Waals surface area contributed by atoms with Crippen LogP contribution >= 0.6 is 11.3 Å². The third kappa shape index (κ3) is 5.01. The van der Waals surface area contributed by atoms with E-state index in [4.69, 9.17) is 0 Å². The van der Waals surface area contributed by atoms with Crippen molar-refractivity contribution in [3.05, 3.63) is 50.5 Å². The van der Waals surface area contributed by atoms with Crippen molar-refractivity contribution in [3.63, 3.8) is 0 Å². The highest BCUT2D eigenvalue weighted by atomic mass is 32.1. The summed E-state index contributed by atoms with van der Waals surface area (Å²) in [5.74, 6) is 0.543. The Hall–Kier alpha value is -2.48. The lowest BCUT2D eigenvalue weighted by Crippen LogP contribution is -2.12. The van der Waals surface area contributed by atoms with Crippen molar-refractivity contribution in [3.8, 4) is 0 Å². The van der Waals surface area contributed by atoms with Gasteiger partial charge in [0.25, 0.3) is 0 Å². The van der Waals surface area contributed by atoms with Gasteiger partial charge in [-0.15, -0.1) is 11.3 Å². The first kappa shape index (κ1) is 18.3. The summed E-state index contributed by atoms with van der Waals surface area (Å²) in [7, 11) is 0. The predicted molar refractivity (Wildman–Crippen MR) is 105 cm³/mol. The van der Waals surface area contributed by atoms with E-state index in [1.54, 1.807) is 11.3 Å². The molecule has 1 aliphatic carbocycles. The van der Waals surface area contributed by atoms with Crippen LogP contribution in [0.5, 0.6) is 0 Å². The lowest BCUT2D eigenvalue weighted by atomic mass is 9.97. The smallest absolute Gasteiger partial charge is 0.353 e. The van der Waals surface area contributed by atoms with E-state index in [-0.39, 0.29) is 17.3 Å². The van der Waals surface area contributed by atoms with Crippen molar-refractivity contribution in [2.75, 3.05) is 23.7 Å². The summed E-state index contributed by atoms with van der Waals surface area (Å²) in [4.78, 5) is 20.5. The van der Waals surface area contributed by atoms with Crippen molar-refractivity contribution < 1.29 is 4.92 Å². The van der Waals surface area contributed by atoms with Crippen molar-refractivity contribution >= 4 is 28.7 Å². The molecule has 2 N–H and O–H groups in total. The molecule has 0 saturated carbocycles. The lowest BCUT2D eigenvalue weighted by molar-refractivity contribution is -0.383. The van der Waals surface area contributed by atoms with E-state index in [0.717, 1.165) is 25.7 Å². The fraction of sp³-hybridized carbons (Fsp3) is 0.444. The molecule has 0 fully saturated rings. The average molecular weight is 373 g/mol. The Balaban J connectivity index is 1.61. The van der Waals surface area contributed by atoms with Crippen molar-refractivity contribution in [2.45, 2.75) is 38.5 Å². The second-order valence-electron chi connectivity index (χ2n) is 6.22. The summed E-state index contributed by atoms with van der Waals surface area (Å²) in [5, 5.41) is 19.7. The molecule has 0 radical (unpaired) electrons. The summed E-state index contributed by atoms with van der Waals surface area (Å²) in [5.41, 5.74) is 1.34. The molecule has 0 aliphatic heterocycles. The van der Waals surface area contributed by atoms with E-state index in [1.807, 2.05) is 17.5 Å². The molecular formula is C18H23N5O2S. The summed E-state index contributed by atoms with van der Waals surface area (Å²) >= 11 is 1.67. The van der Waals surface area contributed by atoms with Crippen molar-refractivity contribution in [1.82, 2.24) is 9.97 Å². The van der Waals surface area contributed by atoms with Gasteiger partial charge in [0.05, 0.1) is 4.92 Å². The molecule has 2 aromatic heterocycles. The third-order valence-corrected chi connectivity index (χ3v) is 5.31. The second-order valence-corrected chi connectivity index (χ2v) is 7.25. The molecule has 0 unspecified atom stereocenters. The van der Waals surface area contributed by atoms with Crippen LogP contribution in [0.2, 0.25) is 0 Å². The van der Waals surface area contributed by atoms with E-state index < -0.39 is 4.92 Å². The van der Waals surface area contributed by atoms with Crippen LogP contribution in [-0.4, -0.2) is 28.0 Å². The van der Waals surface area contributed by atoms with Gasteiger partial charge < -0.3 is 10.6 Å². The number of allylic oxidation sites excluding steroid dienone is 1. The van der Waals surface area contributed by atoms with Crippen LogP contribution in [0.1, 0.15) is 37.0 Å². The third-order valence-electron chi connectivity index (χ3n) is 4.37. The monoisotopic (exact) mass is 373 g/mol. The first-order valence-electron chi connectivity index (χ1n) is 8.91. The van der Waals surface area contributed by atoms with Crippen molar-refractivity contribution in [1.29, 1.82) is 0 Å². The Morgan fingerprint density at radius 2 is 1.92 bits per heavy atom. The van der Waals surface area contributed by atoms with Crippen LogP contribution in [0.3, 0.4) is 0 Å². The fourth-order valence-electron chi connectivity index (χ4n) is 3.04. The summed E-state index contributed by atoms with van der Waals surface area (Å²) in [6, 6.07) is 4.05. The molecular weight excluding hydrogens is 350 g/mol. The van der Waals surface area contributed by atoms with Crippen LogP contribution in [0.25, 0.3) is 0 Å². The van der Waals surface area contributed by atoms with Gasteiger partial charge in [0.2, 0.25) is 11.6 Å². The molecule has 7 nitrogen and oxygen atoms in total. The van der Waals surface area contributed by atoms with Crippen molar-refractivity contribution in [2.24, 2.45) is 0 Å². The number of hydrogen-bond donors (Lipinski definition) is 2. The Kier molecular flexibility index (Phi) is 6.54. The van der Waals surface area contributed by atoms with Gasteiger partial charge >= 0.3 is 5.69 Å². The standard InChI is InChI=1S/C18H23N5O2S/c24-23(25)16-17(19-10-8-14-5-2-1-3-6-14)21-13-22-18(16)20-11-9-15-7-4-12-26-15/h4-5,7,12-13H,1-3,6,8-11H2,(H2,19,20,21,22). The summed E-state index contributed by atoms with van der Waals surface area (Å²) in [6.45, 7) is 1.23. The van der Waals surface area contributed by atoms with Gasteiger partial charge in [-0.05, 0) is 50.0 Å². The largest absolute Gasteiger partial charge is 0.364 e. The Labute approximate surface area is 156 Å². The Bertz CT molecular complexity index is 761. The molecule has 26 heavy (non-hydrogen) atoms. The van der Waals surface area contributed by atoms with E-state index in [1.165, 1.54) is 29.6 Å². The van der Waals surface area contributed by atoms with Crippen LogP contribution in [0.4, 0.5) is 17.3 Å². The summed E-state index contributed by atoms with van der Waals surface area (Å²) in [6.07, 6.45) is 10.1. The molecule has 0 bridgehead atoms. The van der Waals surface area contributed by atoms with Gasteiger partial charge in [-0.25, -0.2) is 9.97 Å². The lowest BCUT2D eigenvalue weighted by Gasteiger charge is -2.13. The first-order valence-corrected chi connectivity index (χ1v) is 9.79. The first-order chi connectivity index (χ1) is 12.7. The number of rotatable bonds is 9. The zero-order valence-electron chi connectivity index (χ0n) is 14.6. The highest BCUT2D eigenvalue weighted by Gasteiger charge is 2.22. The summed E-state index contributed by atoms with van der Waals surface area (Å²) < 4.78 is 0. The minimum absolute atomic E-state index is 0.0868. The number of nitrogens with zero attached hydrogens (tertiary/aromatic N) is 3. The minimum atomic E-state index is -0.421. The van der Waals surface area contributed by atoms with Gasteiger partial charge in [0.15, 0.2) is 0 Å². The van der Waals surface area contributed by atoms with Gasteiger partial charge in [-0.2, -0.15) is 0 Å². The van der Waals surface area contributed by atoms with Gasteiger partial charge in [-0.3, -0.25) is 10.1 Å². The van der Waals surface area contributed by atoms with Gasteiger partial charge in [-0.1, -0.05) is 17.7 Å². The topological polar surface area (TPSA) is 93.0 Å². The van der Waals surface area contributed by atoms with Gasteiger partial charge in [0.1, 0.15) is 6.33 Å². The molecule has 2 heterocycles. The molecule has 0 spiro atoms. The highest BCUT2D eigenvalue weighted by molar-refractivity contribution is 7.09. The molecule has 1 aliphatic rings. The average Bonchev–Trinajstić information content (AvgIpc) is 3.16. The van der Waals surface area contributed by atoms with E-state index >= 15 is 0 Å². The highest BCUT2D eigenvalue weighted by Crippen LogP contribution is 2.29. The van der Waals surface area contributed by atoms with Gasteiger partial charge in [0, 0.05) is 18.0 Å². The molecule has 2 aromatic rings. The zero-order chi connectivity index (χ0) is 18.2.